The number of hydrogen-bond acceptors (Lipinski definition) is 5. The molecule has 0 bridgehead atoms. The third-order valence-corrected chi connectivity index (χ3v) is 5.54. The zero-order valence-corrected chi connectivity index (χ0v) is 17.5. The highest BCUT2D eigenvalue weighted by atomic mass is 19.1. The number of fused-ring (bicyclic) bond motifs is 1. The van der Waals surface area contributed by atoms with Gasteiger partial charge < -0.3 is 19.2 Å². The number of carbonyl (C=O) groups excluding carboxylic acids is 1. The van der Waals surface area contributed by atoms with E-state index in [4.69, 9.17) is 14.3 Å². The summed E-state index contributed by atoms with van der Waals surface area (Å²) in [6, 6.07) is 17.2. The van der Waals surface area contributed by atoms with E-state index in [0.717, 1.165) is 5.56 Å². The molecule has 1 unspecified atom stereocenters. The lowest BCUT2D eigenvalue weighted by molar-refractivity contribution is 0.0402. The van der Waals surface area contributed by atoms with Crippen LogP contribution in [-0.4, -0.2) is 36.0 Å². The standard InChI is InChI=1S/C25H20F2N2O4/c26-19-6-3-5-17(10-19)25(30)29(13-18-4-1-2-7-21(18)27)14-20-12-22(28-33-20)16-8-9-23-24(11-16)32-15-31-23/h1-11,20H,12-15H2. The summed E-state index contributed by atoms with van der Waals surface area (Å²) < 4.78 is 38.8. The number of nitrogens with zero attached hydrogens (tertiary/aromatic N) is 2. The second-order valence-electron chi connectivity index (χ2n) is 7.82. The molecule has 1 amide bonds. The smallest absolute Gasteiger partial charge is 0.254 e. The lowest BCUT2D eigenvalue weighted by Crippen LogP contribution is -2.37. The molecule has 2 aliphatic heterocycles. The Hall–Kier alpha value is -3.94. The minimum Gasteiger partial charge on any atom is -0.454 e. The number of ether oxygens (including phenoxy) is 2. The summed E-state index contributed by atoms with van der Waals surface area (Å²) in [4.78, 5) is 20.2. The highest BCUT2D eigenvalue weighted by Crippen LogP contribution is 2.33. The summed E-state index contributed by atoms with van der Waals surface area (Å²) in [5, 5.41) is 4.18. The number of hydrogen-bond donors (Lipinski definition) is 0. The van der Waals surface area contributed by atoms with Crippen LogP contribution >= 0.6 is 0 Å². The van der Waals surface area contributed by atoms with E-state index in [2.05, 4.69) is 5.16 Å². The summed E-state index contributed by atoms with van der Waals surface area (Å²) in [6.07, 6.45) is 0.0128. The Balaban J connectivity index is 1.34. The Morgan fingerprint density at radius 3 is 2.70 bits per heavy atom. The molecule has 0 radical (unpaired) electrons. The minimum absolute atomic E-state index is 0.0151. The SMILES string of the molecule is O=C(c1cccc(F)c1)N(Cc1ccccc1F)CC1CC(c2ccc3c(c2)OCO3)=NO1. The average Bonchev–Trinajstić information content (AvgIpc) is 3.48. The first-order valence-corrected chi connectivity index (χ1v) is 10.5. The molecule has 6 nitrogen and oxygen atoms in total. The second-order valence-corrected chi connectivity index (χ2v) is 7.82. The van der Waals surface area contributed by atoms with E-state index in [0.29, 0.717) is 29.2 Å². The van der Waals surface area contributed by atoms with Gasteiger partial charge in [-0.3, -0.25) is 4.79 Å². The van der Waals surface area contributed by atoms with Crippen molar-refractivity contribution in [2.24, 2.45) is 5.16 Å². The van der Waals surface area contributed by atoms with Crippen molar-refractivity contribution in [3.8, 4) is 11.5 Å². The Kier molecular flexibility index (Phi) is 5.64. The predicted octanol–water partition coefficient (Wildman–Crippen LogP) is 4.53. The van der Waals surface area contributed by atoms with Crippen molar-refractivity contribution in [2.45, 2.75) is 19.1 Å². The van der Waals surface area contributed by atoms with Gasteiger partial charge in [0.1, 0.15) is 11.6 Å². The van der Waals surface area contributed by atoms with E-state index in [1.807, 2.05) is 18.2 Å². The maximum Gasteiger partial charge on any atom is 0.254 e. The van der Waals surface area contributed by atoms with Crippen LogP contribution in [0, 0.1) is 11.6 Å². The molecule has 3 aromatic carbocycles. The van der Waals surface area contributed by atoms with Gasteiger partial charge in [0.15, 0.2) is 17.6 Å². The molecule has 2 aliphatic rings. The van der Waals surface area contributed by atoms with E-state index in [1.54, 1.807) is 18.2 Å². The van der Waals surface area contributed by atoms with Crippen LogP contribution in [-0.2, 0) is 11.4 Å². The molecule has 0 N–H and O–H groups in total. The van der Waals surface area contributed by atoms with Crippen LogP contribution < -0.4 is 9.47 Å². The van der Waals surface area contributed by atoms with Gasteiger partial charge in [0, 0.05) is 29.7 Å². The zero-order chi connectivity index (χ0) is 22.8. The summed E-state index contributed by atoms with van der Waals surface area (Å²) in [5.74, 6) is -0.0398. The molecule has 1 atom stereocenters. The van der Waals surface area contributed by atoms with Crippen molar-refractivity contribution in [3.63, 3.8) is 0 Å². The second kappa shape index (κ2) is 8.90. The Labute approximate surface area is 189 Å². The molecule has 0 spiro atoms. The fraction of sp³-hybridized carbons (Fsp3) is 0.200. The van der Waals surface area contributed by atoms with Crippen LogP contribution in [0.15, 0.2) is 71.9 Å². The molecule has 0 fully saturated rings. The van der Waals surface area contributed by atoms with Crippen molar-refractivity contribution in [3.05, 3.63) is 95.1 Å². The highest BCUT2D eigenvalue weighted by molar-refractivity contribution is 6.02. The molecular weight excluding hydrogens is 430 g/mol. The summed E-state index contributed by atoms with van der Waals surface area (Å²) in [6.45, 7) is 0.347. The first-order valence-electron chi connectivity index (χ1n) is 10.5. The molecule has 168 valence electrons. The van der Waals surface area contributed by atoms with E-state index in [1.165, 1.54) is 35.2 Å². The fourth-order valence-electron chi connectivity index (χ4n) is 3.87. The zero-order valence-electron chi connectivity index (χ0n) is 17.5. The first-order chi connectivity index (χ1) is 16.1. The number of oxime groups is 1. The van der Waals surface area contributed by atoms with Gasteiger partial charge >= 0.3 is 0 Å². The topological polar surface area (TPSA) is 60.4 Å². The summed E-state index contributed by atoms with van der Waals surface area (Å²) >= 11 is 0. The van der Waals surface area contributed by atoms with Gasteiger partial charge in [-0.1, -0.05) is 29.4 Å². The molecule has 33 heavy (non-hydrogen) atoms. The monoisotopic (exact) mass is 450 g/mol. The maximum atomic E-state index is 14.3. The van der Waals surface area contributed by atoms with Gasteiger partial charge in [-0.15, -0.1) is 0 Å². The lowest BCUT2D eigenvalue weighted by Gasteiger charge is -2.25. The normalized spacial score (nSPS) is 16.3. The molecule has 0 saturated carbocycles. The lowest BCUT2D eigenvalue weighted by atomic mass is 10.0. The van der Waals surface area contributed by atoms with Crippen LogP contribution in [0.25, 0.3) is 0 Å². The minimum atomic E-state index is -0.516. The highest BCUT2D eigenvalue weighted by Gasteiger charge is 2.29. The molecule has 0 aromatic heterocycles. The maximum absolute atomic E-state index is 14.3. The van der Waals surface area contributed by atoms with Crippen molar-refractivity contribution < 1.29 is 27.9 Å². The molecule has 3 aromatic rings. The van der Waals surface area contributed by atoms with E-state index in [9.17, 15) is 13.6 Å². The molecular formula is C25H20F2N2O4. The fourth-order valence-corrected chi connectivity index (χ4v) is 3.87. The number of benzene rings is 3. The van der Waals surface area contributed by atoms with Crippen LogP contribution in [0.2, 0.25) is 0 Å². The van der Waals surface area contributed by atoms with Crippen LogP contribution in [0.5, 0.6) is 11.5 Å². The Morgan fingerprint density at radius 2 is 1.85 bits per heavy atom. The van der Waals surface area contributed by atoms with Gasteiger partial charge in [-0.05, 0) is 42.5 Å². The van der Waals surface area contributed by atoms with Crippen LogP contribution in [0.1, 0.15) is 27.9 Å². The Morgan fingerprint density at radius 1 is 1.00 bits per heavy atom. The quantitative estimate of drug-likeness (QED) is 0.554. The van der Waals surface area contributed by atoms with Crippen molar-refractivity contribution in [1.29, 1.82) is 0 Å². The number of rotatable bonds is 6. The van der Waals surface area contributed by atoms with Gasteiger partial charge in [0.05, 0.1) is 12.3 Å². The third kappa shape index (κ3) is 4.50. The van der Waals surface area contributed by atoms with Crippen molar-refractivity contribution in [2.75, 3.05) is 13.3 Å². The molecule has 8 heteroatoms. The van der Waals surface area contributed by atoms with Gasteiger partial charge in [-0.25, -0.2) is 8.78 Å². The summed E-state index contributed by atoms with van der Waals surface area (Å²) in [5.41, 5.74) is 2.08. The third-order valence-electron chi connectivity index (χ3n) is 5.54. The van der Waals surface area contributed by atoms with Gasteiger partial charge in [0.25, 0.3) is 5.91 Å². The van der Waals surface area contributed by atoms with E-state index < -0.39 is 23.6 Å². The summed E-state index contributed by atoms with van der Waals surface area (Å²) in [7, 11) is 0. The van der Waals surface area contributed by atoms with Crippen molar-refractivity contribution in [1.82, 2.24) is 4.90 Å². The molecule has 2 heterocycles. The van der Waals surface area contributed by atoms with Crippen LogP contribution in [0.4, 0.5) is 8.78 Å². The average molecular weight is 450 g/mol. The van der Waals surface area contributed by atoms with Crippen molar-refractivity contribution >= 4 is 11.6 Å². The number of halogens is 2. The van der Waals surface area contributed by atoms with E-state index >= 15 is 0 Å². The first kappa shape index (κ1) is 20.9. The van der Waals surface area contributed by atoms with Crippen LogP contribution in [0.3, 0.4) is 0 Å². The Bertz CT molecular complexity index is 1230. The molecule has 5 rings (SSSR count). The predicted molar refractivity (Wildman–Crippen MR) is 116 cm³/mol. The number of carbonyl (C=O) groups is 1. The number of amides is 1. The van der Waals surface area contributed by atoms with Gasteiger partial charge in [-0.2, -0.15) is 0 Å². The van der Waals surface area contributed by atoms with Gasteiger partial charge in [0.2, 0.25) is 6.79 Å². The molecule has 0 aliphatic carbocycles. The van der Waals surface area contributed by atoms with E-state index in [-0.39, 0.29) is 25.4 Å². The molecule has 0 saturated heterocycles. The largest absolute Gasteiger partial charge is 0.454 e.